The van der Waals surface area contributed by atoms with E-state index in [-0.39, 0.29) is 19.1 Å². The minimum absolute atomic E-state index is 0.128. The maximum atomic E-state index is 13.6. The van der Waals surface area contributed by atoms with E-state index in [0.717, 1.165) is 24.0 Å². The lowest BCUT2D eigenvalue weighted by atomic mass is 10.1. The maximum Gasteiger partial charge on any atom is 0.461 e. The molecule has 0 spiro atoms. The molecule has 0 atom stereocenters. The van der Waals surface area contributed by atoms with Crippen LogP contribution in [0.1, 0.15) is 42.3 Å². The SMILES string of the molecule is CCCCn1c(-c2ccccc2)nc(C#N)c1CN(Cc1cccc(OC(F)(F)C(F)F)c1)Cc1ccc2c(c1)OCO2. The third-order valence-electron chi connectivity index (χ3n) is 6.97. The van der Waals surface area contributed by atoms with E-state index in [2.05, 4.69) is 22.3 Å². The molecule has 0 radical (unpaired) electrons. The molecule has 0 saturated carbocycles. The minimum atomic E-state index is -4.62. The van der Waals surface area contributed by atoms with Crippen LogP contribution in [0.2, 0.25) is 0 Å². The lowest BCUT2D eigenvalue weighted by Gasteiger charge is -2.24. The Morgan fingerprint density at radius 3 is 2.44 bits per heavy atom. The zero-order valence-electron chi connectivity index (χ0n) is 23.5. The summed E-state index contributed by atoms with van der Waals surface area (Å²) in [6.07, 6.45) is -6.78. The monoisotopic (exact) mass is 594 g/mol. The van der Waals surface area contributed by atoms with Crippen LogP contribution in [0.5, 0.6) is 17.2 Å². The summed E-state index contributed by atoms with van der Waals surface area (Å²) in [4.78, 5) is 6.73. The summed E-state index contributed by atoms with van der Waals surface area (Å²) in [5.74, 6) is 1.56. The Kier molecular flexibility index (Phi) is 9.16. The van der Waals surface area contributed by atoms with Crippen molar-refractivity contribution in [3.8, 4) is 34.7 Å². The van der Waals surface area contributed by atoms with E-state index in [4.69, 9.17) is 14.5 Å². The molecule has 0 saturated heterocycles. The van der Waals surface area contributed by atoms with Crippen LogP contribution >= 0.6 is 0 Å². The first-order chi connectivity index (χ1) is 20.8. The number of benzene rings is 3. The van der Waals surface area contributed by atoms with Crippen molar-refractivity contribution in [2.45, 2.75) is 58.5 Å². The van der Waals surface area contributed by atoms with Crippen molar-refractivity contribution in [2.75, 3.05) is 6.79 Å². The summed E-state index contributed by atoms with van der Waals surface area (Å²) in [6, 6.07) is 23.2. The highest BCUT2D eigenvalue weighted by Crippen LogP contribution is 2.34. The van der Waals surface area contributed by atoms with Gasteiger partial charge in [0, 0.05) is 31.7 Å². The van der Waals surface area contributed by atoms with Crippen LogP contribution in [0.4, 0.5) is 17.6 Å². The van der Waals surface area contributed by atoms with Gasteiger partial charge in [0.15, 0.2) is 17.2 Å². The predicted octanol–water partition coefficient (Wildman–Crippen LogP) is 7.39. The van der Waals surface area contributed by atoms with Crippen LogP contribution in [0.15, 0.2) is 72.8 Å². The second-order valence-electron chi connectivity index (χ2n) is 10.2. The van der Waals surface area contributed by atoms with Crippen LogP contribution < -0.4 is 14.2 Å². The number of alkyl halides is 4. The molecule has 0 aliphatic carbocycles. The standard InChI is InChI=1S/C32H30F4N4O3/c1-2-3-14-40-27(26(17-37)38-30(40)24-9-5-4-6-10-24)20-39(19-23-12-13-28-29(16-23)42-21-41-28)18-22-8-7-11-25(15-22)43-32(35,36)31(33)34/h4-13,15-16,31H,2-3,14,18-21H2,1H3. The molecule has 43 heavy (non-hydrogen) atoms. The van der Waals surface area contributed by atoms with Gasteiger partial charge in [-0.05, 0) is 41.8 Å². The Morgan fingerprint density at radius 2 is 1.72 bits per heavy atom. The van der Waals surface area contributed by atoms with Gasteiger partial charge in [-0.15, -0.1) is 0 Å². The number of unbranched alkanes of at least 4 members (excludes halogenated alkanes) is 1. The fourth-order valence-corrected chi connectivity index (χ4v) is 4.95. The number of nitrogens with zero attached hydrogens (tertiary/aromatic N) is 4. The number of nitriles is 1. The zero-order valence-corrected chi connectivity index (χ0v) is 23.5. The van der Waals surface area contributed by atoms with E-state index in [1.165, 1.54) is 18.2 Å². The molecule has 11 heteroatoms. The summed E-state index contributed by atoms with van der Waals surface area (Å²) in [5, 5.41) is 10.1. The predicted molar refractivity (Wildman–Crippen MR) is 151 cm³/mol. The maximum absolute atomic E-state index is 13.6. The van der Waals surface area contributed by atoms with Crippen LogP contribution in [0.25, 0.3) is 11.4 Å². The van der Waals surface area contributed by atoms with Crippen molar-refractivity contribution in [3.63, 3.8) is 0 Å². The molecule has 7 nitrogen and oxygen atoms in total. The largest absolute Gasteiger partial charge is 0.461 e. The Balaban J connectivity index is 1.50. The summed E-state index contributed by atoms with van der Waals surface area (Å²) in [6.45, 7) is 3.77. The summed E-state index contributed by atoms with van der Waals surface area (Å²) < 4.78 is 70.2. The van der Waals surface area contributed by atoms with Gasteiger partial charge in [-0.2, -0.15) is 22.8 Å². The third-order valence-corrected chi connectivity index (χ3v) is 6.97. The Morgan fingerprint density at radius 1 is 0.977 bits per heavy atom. The van der Waals surface area contributed by atoms with Gasteiger partial charge in [-0.3, -0.25) is 4.90 Å². The number of hydrogen-bond acceptors (Lipinski definition) is 6. The normalized spacial score (nSPS) is 12.6. The first kappa shape index (κ1) is 29.9. The average Bonchev–Trinajstić information content (AvgIpc) is 3.60. The number of halogens is 4. The number of rotatable bonds is 13. The number of fused-ring (bicyclic) bond motifs is 1. The van der Waals surface area contributed by atoms with Crippen molar-refractivity contribution < 1.29 is 31.8 Å². The fraction of sp³-hybridized carbons (Fsp3) is 0.312. The molecule has 1 aliphatic rings. The molecule has 4 aromatic rings. The average molecular weight is 595 g/mol. The summed E-state index contributed by atoms with van der Waals surface area (Å²) >= 11 is 0. The molecule has 0 unspecified atom stereocenters. The topological polar surface area (TPSA) is 72.5 Å². The smallest absolute Gasteiger partial charge is 0.454 e. The van der Waals surface area contributed by atoms with Gasteiger partial charge in [-0.1, -0.05) is 61.9 Å². The van der Waals surface area contributed by atoms with Gasteiger partial charge in [0.05, 0.1) is 5.69 Å². The van der Waals surface area contributed by atoms with Crippen molar-refractivity contribution in [1.29, 1.82) is 5.26 Å². The molecular formula is C32H30F4N4O3. The molecule has 3 aromatic carbocycles. The highest BCUT2D eigenvalue weighted by molar-refractivity contribution is 5.58. The van der Waals surface area contributed by atoms with Crippen molar-refractivity contribution in [1.82, 2.24) is 14.5 Å². The lowest BCUT2D eigenvalue weighted by Crippen LogP contribution is -2.33. The number of aromatic nitrogens is 2. The van der Waals surface area contributed by atoms with Crippen molar-refractivity contribution in [2.24, 2.45) is 0 Å². The van der Waals surface area contributed by atoms with E-state index >= 15 is 0 Å². The molecule has 0 bridgehead atoms. The molecule has 5 rings (SSSR count). The third kappa shape index (κ3) is 7.09. The second-order valence-corrected chi connectivity index (χ2v) is 10.2. The Bertz CT molecular complexity index is 1590. The van der Waals surface area contributed by atoms with Gasteiger partial charge in [0.2, 0.25) is 6.79 Å². The molecule has 0 N–H and O–H groups in total. The highest BCUT2D eigenvalue weighted by atomic mass is 19.3. The van der Waals surface area contributed by atoms with Crippen LogP contribution in [0, 0.1) is 11.3 Å². The minimum Gasteiger partial charge on any atom is -0.454 e. The second kappa shape index (κ2) is 13.2. The quantitative estimate of drug-likeness (QED) is 0.150. The first-order valence-corrected chi connectivity index (χ1v) is 13.9. The molecule has 0 fully saturated rings. The van der Waals surface area contributed by atoms with Gasteiger partial charge in [0.1, 0.15) is 17.6 Å². The highest BCUT2D eigenvalue weighted by Gasteiger charge is 2.44. The number of imidazole rings is 1. The van der Waals surface area contributed by atoms with Crippen molar-refractivity contribution in [3.05, 3.63) is 95.3 Å². The van der Waals surface area contributed by atoms with Gasteiger partial charge >= 0.3 is 12.5 Å². The molecule has 2 heterocycles. The molecule has 1 aromatic heterocycles. The summed E-state index contributed by atoms with van der Waals surface area (Å²) in [5.41, 5.74) is 3.34. The van der Waals surface area contributed by atoms with E-state index in [9.17, 15) is 22.8 Å². The zero-order chi connectivity index (χ0) is 30.4. The lowest BCUT2D eigenvalue weighted by molar-refractivity contribution is -0.253. The number of ether oxygens (including phenoxy) is 3. The van der Waals surface area contributed by atoms with E-state index in [1.807, 2.05) is 53.4 Å². The van der Waals surface area contributed by atoms with Crippen molar-refractivity contribution >= 4 is 0 Å². The van der Waals surface area contributed by atoms with Crippen LogP contribution in [0.3, 0.4) is 0 Å². The Labute approximate surface area is 246 Å². The molecule has 0 amide bonds. The van der Waals surface area contributed by atoms with Gasteiger partial charge < -0.3 is 18.8 Å². The van der Waals surface area contributed by atoms with Crippen LogP contribution in [-0.4, -0.2) is 33.8 Å². The summed E-state index contributed by atoms with van der Waals surface area (Å²) in [7, 11) is 0. The van der Waals surface area contributed by atoms with E-state index < -0.39 is 12.5 Å². The molecular weight excluding hydrogens is 564 g/mol. The fourth-order valence-electron chi connectivity index (χ4n) is 4.95. The van der Waals surface area contributed by atoms with E-state index in [0.29, 0.717) is 53.9 Å². The van der Waals surface area contributed by atoms with Crippen LogP contribution in [-0.2, 0) is 26.2 Å². The molecule has 224 valence electrons. The molecule has 1 aliphatic heterocycles. The van der Waals surface area contributed by atoms with E-state index in [1.54, 1.807) is 6.07 Å². The number of hydrogen-bond donors (Lipinski definition) is 0. The van der Waals surface area contributed by atoms with Gasteiger partial charge in [-0.25, -0.2) is 4.98 Å². The van der Waals surface area contributed by atoms with Gasteiger partial charge in [0.25, 0.3) is 0 Å². The first-order valence-electron chi connectivity index (χ1n) is 13.9. The Hall–Kier alpha value is -4.56.